The van der Waals surface area contributed by atoms with E-state index in [9.17, 15) is 24.5 Å². The van der Waals surface area contributed by atoms with Crippen LogP contribution in [0.3, 0.4) is 0 Å². The molecule has 3 aromatic rings. The van der Waals surface area contributed by atoms with Crippen molar-refractivity contribution in [2.75, 3.05) is 12.0 Å². The highest BCUT2D eigenvalue weighted by Crippen LogP contribution is 2.38. The van der Waals surface area contributed by atoms with Crippen LogP contribution in [-0.4, -0.2) is 29.9 Å². The lowest BCUT2D eigenvalue weighted by Crippen LogP contribution is -2.54. The highest BCUT2D eigenvalue weighted by Gasteiger charge is 2.36. The van der Waals surface area contributed by atoms with E-state index in [-0.39, 0.29) is 23.6 Å². The normalized spacial score (nSPS) is 14.5. The van der Waals surface area contributed by atoms with Crippen LogP contribution in [0.25, 0.3) is 6.08 Å². The van der Waals surface area contributed by atoms with Gasteiger partial charge in [-0.2, -0.15) is 0 Å². The number of hydrogen-bond donors (Lipinski definition) is 1. The number of rotatable bonds is 7. The van der Waals surface area contributed by atoms with Crippen molar-refractivity contribution >= 4 is 67.2 Å². The van der Waals surface area contributed by atoms with Gasteiger partial charge in [0.15, 0.2) is 11.5 Å². The highest BCUT2D eigenvalue weighted by atomic mass is 79.9. The first kappa shape index (κ1) is 26.0. The van der Waals surface area contributed by atoms with Gasteiger partial charge in [-0.05, 0) is 69.5 Å². The molecule has 10 nitrogen and oxygen atoms in total. The second-order valence-electron chi connectivity index (χ2n) is 7.68. The number of non-ortho nitro benzene ring substituents is 1. The molecule has 0 saturated carbocycles. The van der Waals surface area contributed by atoms with Crippen molar-refractivity contribution in [1.82, 2.24) is 5.32 Å². The molecule has 0 aromatic heterocycles. The van der Waals surface area contributed by atoms with Crippen molar-refractivity contribution in [1.29, 1.82) is 0 Å². The first-order valence-corrected chi connectivity index (χ1v) is 12.2. The summed E-state index contributed by atoms with van der Waals surface area (Å²) in [6, 6.07) is 14.9. The number of ether oxygens (including phenoxy) is 2. The standard InChI is InChI=1S/C25H17Br2N3O7/c1-36-21-12-15(11-20(27)22(21)37-13-14-3-2-4-18(9-14)30(34)35)10-19-23(31)28-25(33)29(24(19)32)17-7-5-16(26)6-8-17/h2-12H,13H2,1H3,(H,28,31,33)/b19-10+. The van der Waals surface area contributed by atoms with Crippen LogP contribution in [0.15, 0.2) is 75.2 Å². The Bertz CT molecular complexity index is 1460. The SMILES string of the molecule is COc1cc(/C=C2\C(=O)NC(=O)N(c3ccc(Br)cc3)C2=O)cc(Br)c1OCc1cccc([N+](=O)[O-])c1. The van der Waals surface area contributed by atoms with Gasteiger partial charge in [0.2, 0.25) is 0 Å². The molecule has 0 aliphatic carbocycles. The minimum atomic E-state index is -0.849. The molecule has 12 heteroatoms. The molecule has 37 heavy (non-hydrogen) atoms. The molecule has 1 fully saturated rings. The number of imide groups is 2. The Labute approximate surface area is 227 Å². The van der Waals surface area contributed by atoms with E-state index in [2.05, 4.69) is 37.2 Å². The fourth-order valence-electron chi connectivity index (χ4n) is 3.53. The largest absolute Gasteiger partial charge is 0.493 e. The molecule has 4 amide bonds. The number of carbonyl (C=O) groups excluding carboxylic acids is 3. The Hall–Kier alpha value is -4.03. The summed E-state index contributed by atoms with van der Waals surface area (Å²) < 4.78 is 12.5. The van der Waals surface area contributed by atoms with Crippen molar-refractivity contribution in [2.24, 2.45) is 0 Å². The van der Waals surface area contributed by atoms with Crippen LogP contribution in [0.4, 0.5) is 16.2 Å². The quantitative estimate of drug-likeness (QED) is 0.161. The molecule has 1 N–H and O–H groups in total. The zero-order valence-electron chi connectivity index (χ0n) is 19.1. The van der Waals surface area contributed by atoms with Crippen molar-refractivity contribution in [3.8, 4) is 11.5 Å². The summed E-state index contributed by atoms with van der Waals surface area (Å²) in [5, 5.41) is 13.2. The van der Waals surface area contributed by atoms with Crippen molar-refractivity contribution in [3.05, 3.63) is 96.4 Å². The van der Waals surface area contributed by atoms with E-state index < -0.39 is 22.8 Å². The van der Waals surface area contributed by atoms with Crippen LogP contribution in [0, 0.1) is 10.1 Å². The minimum absolute atomic E-state index is 0.0300. The van der Waals surface area contributed by atoms with Crippen molar-refractivity contribution < 1.29 is 28.8 Å². The number of urea groups is 1. The summed E-state index contributed by atoms with van der Waals surface area (Å²) in [5.41, 5.74) is 1.00. The van der Waals surface area contributed by atoms with Crippen molar-refractivity contribution in [3.63, 3.8) is 0 Å². The predicted octanol–water partition coefficient (Wildman–Crippen LogP) is 5.37. The summed E-state index contributed by atoms with van der Waals surface area (Å²) in [5.74, 6) is -1.000. The number of benzene rings is 3. The van der Waals surface area contributed by atoms with E-state index in [1.54, 1.807) is 48.5 Å². The average Bonchev–Trinajstić information content (AvgIpc) is 2.86. The Balaban J connectivity index is 1.62. The third-order valence-corrected chi connectivity index (χ3v) is 6.37. The third-order valence-electron chi connectivity index (χ3n) is 5.25. The van der Waals surface area contributed by atoms with Gasteiger partial charge in [-0.15, -0.1) is 0 Å². The van der Waals surface area contributed by atoms with E-state index >= 15 is 0 Å². The van der Waals surface area contributed by atoms with Gasteiger partial charge in [-0.1, -0.05) is 28.1 Å². The number of nitrogens with one attached hydrogen (secondary N) is 1. The number of nitro benzene ring substituents is 1. The Morgan fingerprint density at radius 1 is 1.05 bits per heavy atom. The minimum Gasteiger partial charge on any atom is -0.493 e. The lowest BCUT2D eigenvalue weighted by molar-refractivity contribution is -0.384. The van der Waals surface area contributed by atoms with Crippen molar-refractivity contribution in [2.45, 2.75) is 6.61 Å². The van der Waals surface area contributed by atoms with E-state index in [4.69, 9.17) is 9.47 Å². The van der Waals surface area contributed by atoms with E-state index in [0.29, 0.717) is 27.0 Å². The van der Waals surface area contributed by atoms with Crippen LogP contribution >= 0.6 is 31.9 Å². The molecule has 1 saturated heterocycles. The van der Waals surface area contributed by atoms with E-state index in [0.717, 1.165) is 9.37 Å². The zero-order chi connectivity index (χ0) is 26.7. The van der Waals surface area contributed by atoms with Gasteiger partial charge in [0.25, 0.3) is 17.5 Å². The number of halogens is 2. The number of carbonyl (C=O) groups is 3. The maximum atomic E-state index is 13.1. The molecule has 3 aromatic carbocycles. The van der Waals surface area contributed by atoms with Gasteiger partial charge < -0.3 is 9.47 Å². The van der Waals surface area contributed by atoms with E-state index in [1.807, 2.05) is 0 Å². The first-order chi connectivity index (χ1) is 17.7. The fraction of sp³-hybridized carbons (Fsp3) is 0.0800. The van der Waals surface area contributed by atoms with Crippen LogP contribution in [0.5, 0.6) is 11.5 Å². The van der Waals surface area contributed by atoms with E-state index in [1.165, 1.54) is 25.3 Å². The maximum absolute atomic E-state index is 13.1. The van der Waals surface area contributed by atoms with Gasteiger partial charge in [-0.25, -0.2) is 9.69 Å². The lowest BCUT2D eigenvalue weighted by atomic mass is 10.1. The molecule has 0 radical (unpaired) electrons. The second-order valence-corrected chi connectivity index (χ2v) is 9.45. The molecular weight excluding hydrogens is 614 g/mol. The maximum Gasteiger partial charge on any atom is 0.335 e. The zero-order valence-corrected chi connectivity index (χ0v) is 22.2. The van der Waals surface area contributed by atoms with Gasteiger partial charge in [0.05, 0.1) is 22.2 Å². The van der Waals surface area contributed by atoms with Gasteiger partial charge in [0, 0.05) is 16.6 Å². The molecule has 0 unspecified atom stereocenters. The predicted molar refractivity (Wildman–Crippen MR) is 141 cm³/mol. The fourth-order valence-corrected chi connectivity index (χ4v) is 4.37. The monoisotopic (exact) mass is 629 g/mol. The van der Waals surface area contributed by atoms with Gasteiger partial charge in [0.1, 0.15) is 12.2 Å². The summed E-state index contributed by atoms with van der Waals surface area (Å²) in [6.45, 7) is 0.0300. The lowest BCUT2D eigenvalue weighted by Gasteiger charge is -2.26. The van der Waals surface area contributed by atoms with Gasteiger partial charge >= 0.3 is 6.03 Å². The number of methoxy groups -OCH3 is 1. The third kappa shape index (κ3) is 5.70. The molecule has 4 rings (SSSR count). The molecule has 1 heterocycles. The van der Waals surface area contributed by atoms with Crippen LogP contribution < -0.4 is 19.7 Å². The van der Waals surface area contributed by atoms with Gasteiger partial charge in [-0.3, -0.25) is 25.0 Å². The Morgan fingerprint density at radius 2 is 1.78 bits per heavy atom. The highest BCUT2D eigenvalue weighted by molar-refractivity contribution is 9.10. The number of anilines is 1. The smallest absolute Gasteiger partial charge is 0.335 e. The first-order valence-electron chi connectivity index (χ1n) is 10.6. The Kier molecular flexibility index (Phi) is 7.69. The summed E-state index contributed by atoms with van der Waals surface area (Å²) in [6.07, 6.45) is 1.34. The van der Waals surface area contributed by atoms with Crippen LogP contribution in [0.1, 0.15) is 11.1 Å². The molecule has 0 spiro atoms. The number of hydrogen-bond acceptors (Lipinski definition) is 7. The molecule has 1 aliphatic rings. The number of nitrogens with zero attached hydrogens (tertiary/aromatic N) is 2. The topological polar surface area (TPSA) is 128 Å². The summed E-state index contributed by atoms with van der Waals surface area (Å²) in [4.78, 5) is 49.4. The summed E-state index contributed by atoms with van der Waals surface area (Å²) in [7, 11) is 1.42. The van der Waals surface area contributed by atoms with Crippen LogP contribution in [0.2, 0.25) is 0 Å². The Morgan fingerprint density at radius 3 is 2.46 bits per heavy atom. The molecule has 1 aliphatic heterocycles. The number of nitro groups is 1. The molecular formula is C25H17Br2N3O7. The second kappa shape index (κ2) is 10.9. The number of amides is 4. The molecule has 0 bridgehead atoms. The van der Waals surface area contributed by atoms with Crippen LogP contribution in [-0.2, 0) is 16.2 Å². The molecule has 0 atom stereocenters. The average molecular weight is 631 g/mol. The summed E-state index contributed by atoms with van der Waals surface area (Å²) >= 11 is 6.71. The number of barbiturate groups is 1. The molecule has 188 valence electrons.